The van der Waals surface area contributed by atoms with Crippen LogP contribution < -0.4 is 14.8 Å². The number of rotatable bonds is 12. The van der Waals surface area contributed by atoms with Crippen LogP contribution in [0.4, 0.5) is 0 Å². The largest absolute Gasteiger partial charge is 0.489 e. The molecule has 4 heteroatoms. The fourth-order valence-electron chi connectivity index (χ4n) is 3.84. The topological polar surface area (TPSA) is 50.7 Å². The highest BCUT2D eigenvalue weighted by Crippen LogP contribution is 2.21. The van der Waals surface area contributed by atoms with Crippen molar-refractivity contribution >= 4 is 0 Å². The first-order valence-electron chi connectivity index (χ1n) is 12.1. The molecule has 0 spiro atoms. The summed E-state index contributed by atoms with van der Waals surface area (Å²) in [4.78, 5) is 0. The third-order valence-electron chi connectivity index (χ3n) is 6.00. The van der Waals surface area contributed by atoms with Crippen LogP contribution in [0.2, 0.25) is 0 Å². The molecule has 0 aromatic heterocycles. The van der Waals surface area contributed by atoms with Gasteiger partial charge in [0.15, 0.2) is 0 Å². The van der Waals surface area contributed by atoms with Gasteiger partial charge in [-0.3, -0.25) is 0 Å². The minimum Gasteiger partial charge on any atom is -0.489 e. The molecule has 0 fully saturated rings. The molecule has 4 rings (SSSR count). The molecule has 2 unspecified atom stereocenters. The van der Waals surface area contributed by atoms with E-state index in [2.05, 4.69) is 29.6 Å². The Morgan fingerprint density at radius 3 is 1.63 bits per heavy atom. The SMILES string of the molecule is CC(NCCc1ccc(OCc2ccccc2)cc1)C(O)c1ccc(OCc2ccccc2)cc1. The first-order chi connectivity index (χ1) is 17.2. The maximum absolute atomic E-state index is 10.8. The molecule has 0 aliphatic heterocycles. The van der Waals surface area contributed by atoms with Crippen molar-refractivity contribution in [2.45, 2.75) is 38.7 Å². The van der Waals surface area contributed by atoms with Crippen LogP contribution in [0.5, 0.6) is 11.5 Å². The molecule has 0 saturated carbocycles. The van der Waals surface area contributed by atoms with E-state index in [-0.39, 0.29) is 6.04 Å². The van der Waals surface area contributed by atoms with E-state index in [0.717, 1.165) is 41.2 Å². The van der Waals surface area contributed by atoms with Gasteiger partial charge in [-0.1, -0.05) is 84.9 Å². The minimum absolute atomic E-state index is 0.0698. The van der Waals surface area contributed by atoms with Crippen LogP contribution in [-0.4, -0.2) is 17.7 Å². The van der Waals surface area contributed by atoms with Gasteiger partial charge in [0.1, 0.15) is 24.7 Å². The maximum atomic E-state index is 10.8. The van der Waals surface area contributed by atoms with Crippen LogP contribution in [0, 0.1) is 0 Å². The lowest BCUT2D eigenvalue weighted by Gasteiger charge is -2.21. The molecule has 0 radical (unpaired) electrons. The van der Waals surface area contributed by atoms with Gasteiger partial charge < -0.3 is 19.9 Å². The van der Waals surface area contributed by atoms with E-state index in [1.807, 2.05) is 91.9 Å². The normalized spacial score (nSPS) is 12.6. The molecule has 4 aromatic rings. The smallest absolute Gasteiger partial charge is 0.119 e. The molecular formula is C31H33NO3. The second-order valence-corrected chi connectivity index (χ2v) is 8.70. The Hall–Kier alpha value is -3.60. The molecule has 0 saturated heterocycles. The average molecular weight is 468 g/mol. The van der Waals surface area contributed by atoms with Gasteiger partial charge in [-0.15, -0.1) is 0 Å². The minimum atomic E-state index is -0.591. The summed E-state index contributed by atoms with van der Waals surface area (Å²) in [6, 6.07) is 36.1. The van der Waals surface area contributed by atoms with Crippen molar-refractivity contribution in [2.24, 2.45) is 0 Å². The zero-order chi connectivity index (χ0) is 24.3. The second kappa shape index (κ2) is 12.7. The lowest BCUT2D eigenvalue weighted by molar-refractivity contribution is 0.136. The molecule has 4 aromatic carbocycles. The highest BCUT2D eigenvalue weighted by molar-refractivity contribution is 5.30. The second-order valence-electron chi connectivity index (χ2n) is 8.70. The predicted octanol–water partition coefficient (Wildman–Crippen LogP) is 6.10. The number of hydrogen-bond donors (Lipinski definition) is 2. The molecule has 0 bridgehead atoms. The van der Waals surface area contributed by atoms with Crippen molar-refractivity contribution in [3.05, 3.63) is 131 Å². The van der Waals surface area contributed by atoms with Gasteiger partial charge in [0.2, 0.25) is 0 Å². The van der Waals surface area contributed by atoms with E-state index in [1.54, 1.807) is 0 Å². The monoisotopic (exact) mass is 467 g/mol. The Balaban J connectivity index is 1.18. The zero-order valence-corrected chi connectivity index (χ0v) is 20.1. The summed E-state index contributed by atoms with van der Waals surface area (Å²) in [5, 5.41) is 14.2. The van der Waals surface area contributed by atoms with Gasteiger partial charge in [-0.25, -0.2) is 0 Å². The number of ether oxygens (including phenoxy) is 2. The Kier molecular flexibility index (Phi) is 8.93. The highest BCUT2D eigenvalue weighted by Gasteiger charge is 2.15. The Morgan fingerprint density at radius 1 is 0.629 bits per heavy atom. The van der Waals surface area contributed by atoms with Crippen molar-refractivity contribution in [1.82, 2.24) is 5.32 Å². The summed E-state index contributed by atoms with van der Waals surface area (Å²) in [5.41, 5.74) is 4.38. The molecule has 0 heterocycles. The van der Waals surface area contributed by atoms with Gasteiger partial charge in [0.25, 0.3) is 0 Å². The molecule has 2 atom stereocenters. The van der Waals surface area contributed by atoms with Crippen molar-refractivity contribution in [2.75, 3.05) is 6.54 Å². The highest BCUT2D eigenvalue weighted by atomic mass is 16.5. The van der Waals surface area contributed by atoms with Gasteiger partial charge >= 0.3 is 0 Å². The van der Waals surface area contributed by atoms with Gasteiger partial charge in [-0.2, -0.15) is 0 Å². The lowest BCUT2D eigenvalue weighted by atomic mass is 10.0. The van der Waals surface area contributed by atoms with Crippen LogP contribution in [-0.2, 0) is 19.6 Å². The molecule has 0 aliphatic carbocycles. The van der Waals surface area contributed by atoms with E-state index in [0.29, 0.717) is 13.2 Å². The quantitative estimate of drug-likeness (QED) is 0.264. The lowest BCUT2D eigenvalue weighted by Crippen LogP contribution is -2.33. The summed E-state index contributed by atoms with van der Waals surface area (Å²) in [6.45, 7) is 3.88. The molecule has 180 valence electrons. The van der Waals surface area contributed by atoms with Crippen molar-refractivity contribution in [1.29, 1.82) is 0 Å². The van der Waals surface area contributed by atoms with Crippen LogP contribution in [0.3, 0.4) is 0 Å². The average Bonchev–Trinajstić information content (AvgIpc) is 2.92. The van der Waals surface area contributed by atoms with E-state index < -0.39 is 6.10 Å². The Bertz CT molecular complexity index is 1130. The van der Waals surface area contributed by atoms with Crippen molar-refractivity contribution in [3.63, 3.8) is 0 Å². The Labute approximate surface area is 208 Å². The van der Waals surface area contributed by atoms with Gasteiger partial charge in [-0.05, 0) is 66.4 Å². The third-order valence-corrected chi connectivity index (χ3v) is 6.00. The molecule has 2 N–H and O–H groups in total. The number of benzene rings is 4. The summed E-state index contributed by atoms with van der Waals surface area (Å²) < 4.78 is 11.7. The third kappa shape index (κ3) is 7.71. The summed E-state index contributed by atoms with van der Waals surface area (Å²) >= 11 is 0. The molecule has 35 heavy (non-hydrogen) atoms. The number of aliphatic hydroxyl groups excluding tert-OH is 1. The van der Waals surface area contributed by atoms with Crippen molar-refractivity contribution in [3.8, 4) is 11.5 Å². The van der Waals surface area contributed by atoms with E-state index in [9.17, 15) is 5.11 Å². The van der Waals surface area contributed by atoms with Gasteiger partial charge in [0, 0.05) is 6.04 Å². The van der Waals surface area contributed by atoms with Crippen LogP contribution >= 0.6 is 0 Å². The fraction of sp³-hybridized carbons (Fsp3) is 0.226. The van der Waals surface area contributed by atoms with Crippen LogP contribution in [0.25, 0.3) is 0 Å². The summed E-state index contributed by atoms with van der Waals surface area (Å²) in [5.74, 6) is 1.66. The first-order valence-corrected chi connectivity index (χ1v) is 12.1. The predicted molar refractivity (Wildman–Crippen MR) is 141 cm³/mol. The number of hydrogen-bond acceptors (Lipinski definition) is 4. The molecular weight excluding hydrogens is 434 g/mol. The standard InChI is InChI=1S/C31H33NO3/c1-24(31(33)28-14-18-30(19-15-28)35-23-27-10-6-3-7-11-27)32-21-20-25-12-16-29(17-13-25)34-22-26-8-4-2-5-9-26/h2-19,24,31-33H,20-23H2,1H3. The first kappa shape index (κ1) is 24.5. The molecule has 4 nitrogen and oxygen atoms in total. The van der Waals surface area contributed by atoms with E-state index in [1.165, 1.54) is 5.56 Å². The van der Waals surface area contributed by atoms with Crippen LogP contribution in [0.15, 0.2) is 109 Å². The summed E-state index contributed by atoms with van der Waals surface area (Å²) in [7, 11) is 0. The number of aliphatic hydroxyl groups is 1. The summed E-state index contributed by atoms with van der Waals surface area (Å²) in [6.07, 6.45) is 0.286. The van der Waals surface area contributed by atoms with E-state index >= 15 is 0 Å². The number of nitrogens with one attached hydrogen (secondary N) is 1. The molecule has 0 aliphatic rings. The molecule has 0 amide bonds. The van der Waals surface area contributed by atoms with E-state index in [4.69, 9.17) is 9.47 Å². The zero-order valence-electron chi connectivity index (χ0n) is 20.1. The van der Waals surface area contributed by atoms with Crippen molar-refractivity contribution < 1.29 is 14.6 Å². The fourth-order valence-corrected chi connectivity index (χ4v) is 3.84. The van der Waals surface area contributed by atoms with Gasteiger partial charge in [0.05, 0.1) is 6.10 Å². The van der Waals surface area contributed by atoms with Crippen LogP contribution in [0.1, 0.15) is 35.3 Å². The maximum Gasteiger partial charge on any atom is 0.119 e. The Morgan fingerprint density at radius 2 is 1.11 bits per heavy atom.